The van der Waals surface area contributed by atoms with E-state index in [-0.39, 0.29) is 5.97 Å². The Morgan fingerprint density at radius 1 is 1.00 bits per heavy atom. The Morgan fingerprint density at radius 3 is 2.10 bits per heavy atom. The summed E-state index contributed by atoms with van der Waals surface area (Å²) in [5.74, 6) is 2.49. The van der Waals surface area contributed by atoms with E-state index in [9.17, 15) is 4.79 Å². The highest BCUT2D eigenvalue weighted by atomic mass is 16.5. The molecule has 0 saturated heterocycles. The van der Waals surface area contributed by atoms with Crippen LogP contribution in [0.5, 0.6) is 11.5 Å². The van der Waals surface area contributed by atoms with Gasteiger partial charge in [-0.3, -0.25) is 0 Å². The average Bonchev–Trinajstić information content (AvgIpc) is 2.80. The summed E-state index contributed by atoms with van der Waals surface area (Å²) in [7, 11) is 6.39. The van der Waals surface area contributed by atoms with Gasteiger partial charge in [0, 0.05) is 5.57 Å². The number of ether oxygens (including phenoxy) is 5. The van der Waals surface area contributed by atoms with Gasteiger partial charge in [0.05, 0.1) is 35.0 Å². The number of carbonyl (C=O) groups excluding carboxylic acids is 1. The normalized spacial score (nSPS) is 11.6. The van der Waals surface area contributed by atoms with Crippen molar-refractivity contribution in [2.24, 2.45) is 0 Å². The zero-order valence-electron chi connectivity index (χ0n) is 19.8. The number of hydrogen-bond acceptors (Lipinski definition) is 6. The molecule has 172 valence electrons. The Hall–Kier alpha value is -3.15. The van der Waals surface area contributed by atoms with Crippen molar-refractivity contribution in [2.75, 3.05) is 35.0 Å². The van der Waals surface area contributed by atoms with Crippen molar-refractivity contribution in [2.45, 2.75) is 33.6 Å². The second-order valence-electron chi connectivity index (χ2n) is 6.06. The van der Waals surface area contributed by atoms with E-state index in [1.54, 1.807) is 47.5 Å². The van der Waals surface area contributed by atoms with Gasteiger partial charge in [-0.2, -0.15) is 0 Å². The minimum absolute atomic E-state index is 0.240. The summed E-state index contributed by atoms with van der Waals surface area (Å²) in [4.78, 5) is 11.7. The fraction of sp³-hybridized carbons (Fsp3) is 0.400. The van der Waals surface area contributed by atoms with Gasteiger partial charge in [0.25, 0.3) is 0 Å². The smallest absolute Gasteiger partial charge is 0.333 e. The van der Waals surface area contributed by atoms with Crippen LogP contribution in [0.2, 0.25) is 0 Å². The van der Waals surface area contributed by atoms with Gasteiger partial charge in [0.15, 0.2) is 23.0 Å². The fourth-order valence-electron chi connectivity index (χ4n) is 2.59. The van der Waals surface area contributed by atoms with Gasteiger partial charge in [-0.15, -0.1) is 0 Å². The molecule has 1 aromatic rings. The second kappa shape index (κ2) is 16.6. The van der Waals surface area contributed by atoms with Crippen molar-refractivity contribution in [1.82, 2.24) is 0 Å². The molecule has 1 rings (SSSR count). The predicted molar refractivity (Wildman–Crippen MR) is 124 cm³/mol. The zero-order chi connectivity index (χ0) is 23.6. The SMILES string of the molecule is C/C=C(\CCc1ccc(OC)c(OC)c1)C(=O)OCC.C=C/C(OC)=C(\C=C/C)OC. The summed E-state index contributed by atoms with van der Waals surface area (Å²) in [6.07, 6.45) is 8.50. The molecule has 0 aliphatic carbocycles. The van der Waals surface area contributed by atoms with E-state index in [2.05, 4.69) is 6.58 Å². The van der Waals surface area contributed by atoms with Crippen LogP contribution in [0, 0.1) is 0 Å². The average molecular weight is 433 g/mol. The lowest BCUT2D eigenvalue weighted by atomic mass is 10.0. The van der Waals surface area contributed by atoms with Crippen molar-refractivity contribution >= 4 is 5.97 Å². The molecule has 0 saturated carbocycles. The Bertz CT molecular complexity index is 774. The Morgan fingerprint density at radius 2 is 1.65 bits per heavy atom. The number of hydrogen-bond donors (Lipinski definition) is 0. The van der Waals surface area contributed by atoms with E-state index < -0.39 is 0 Å². The maximum Gasteiger partial charge on any atom is 0.333 e. The number of aryl methyl sites for hydroxylation is 1. The van der Waals surface area contributed by atoms with Crippen molar-refractivity contribution in [3.63, 3.8) is 0 Å². The van der Waals surface area contributed by atoms with Crippen LogP contribution >= 0.6 is 0 Å². The molecule has 0 fully saturated rings. The third kappa shape index (κ3) is 9.94. The molecule has 0 radical (unpaired) electrons. The number of rotatable bonds is 11. The lowest BCUT2D eigenvalue weighted by Gasteiger charge is -2.10. The Kier molecular flexibility index (Phi) is 14.9. The van der Waals surface area contributed by atoms with Gasteiger partial charge in [-0.1, -0.05) is 24.8 Å². The van der Waals surface area contributed by atoms with E-state index in [1.165, 1.54) is 0 Å². The quantitative estimate of drug-likeness (QED) is 0.202. The lowest BCUT2D eigenvalue weighted by Crippen LogP contribution is -2.08. The standard InChI is InChI=1S/C16H22O4.C9H14O2/c1-5-13(16(17)20-6-2)9-7-12-8-10-14(18-3)15(11-12)19-4;1-5-7-9(11-4)8(6-2)10-3/h5,8,10-11H,6-7,9H2,1-4H3;5-7H,2H2,1,3-4H3/b13-5+;7-5-,9-8-. The number of benzene rings is 1. The molecule has 0 aromatic heterocycles. The van der Waals surface area contributed by atoms with Crippen LogP contribution in [0.15, 0.2) is 66.2 Å². The van der Waals surface area contributed by atoms with E-state index in [0.717, 1.165) is 12.0 Å². The topological polar surface area (TPSA) is 63.2 Å². The van der Waals surface area contributed by atoms with Crippen molar-refractivity contribution < 1.29 is 28.5 Å². The van der Waals surface area contributed by atoms with E-state index >= 15 is 0 Å². The molecule has 1 aromatic carbocycles. The van der Waals surface area contributed by atoms with E-state index in [1.807, 2.05) is 44.2 Å². The monoisotopic (exact) mass is 432 g/mol. The number of allylic oxidation sites excluding steroid dienone is 4. The summed E-state index contributed by atoms with van der Waals surface area (Å²) in [6, 6.07) is 5.77. The maximum atomic E-state index is 11.7. The fourth-order valence-corrected chi connectivity index (χ4v) is 2.59. The Labute approximate surface area is 186 Å². The van der Waals surface area contributed by atoms with Crippen LogP contribution < -0.4 is 9.47 Å². The molecule has 0 N–H and O–H groups in total. The largest absolute Gasteiger partial charge is 0.493 e. The molecule has 0 atom stereocenters. The molecule has 0 unspecified atom stereocenters. The van der Waals surface area contributed by atoms with Gasteiger partial charge in [0.2, 0.25) is 0 Å². The first-order valence-corrected chi connectivity index (χ1v) is 10.1. The highest BCUT2D eigenvalue weighted by molar-refractivity contribution is 5.88. The molecule has 0 aliphatic rings. The van der Waals surface area contributed by atoms with Crippen LogP contribution in [0.25, 0.3) is 0 Å². The highest BCUT2D eigenvalue weighted by Gasteiger charge is 2.10. The number of carbonyl (C=O) groups is 1. The van der Waals surface area contributed by atoms with Gasteiger partial charge in [-0.05, 0) is 63.5 Å². The van der Waals surface area contributed by atoms with Crippen LogP contribution in [-0.4, -0.2) is 41.0 Å². The van der Waals surface area contributed by atoms with Crippen molar-refractivity contribution in [1.29, 1.82) is 0 Å². The van der Waals surface area contributed by atoms with Crippen LogP contribution in [-0.2, 0) is 25.4 Å². The molecule has 6 heteroatoms. The summed E-state index contributed by atoms with van der Waals surface area (Å²) in [5.41, 5.74) is 1.79. The van der Waals surface area contributed by atoms with E-state index in [0.29, 0.717) is 41.6 Å². The molecule has 0 bridgehead atoms. The Balaban J connectivity index is 0.000000695. The summed E-state index contributed by atoms with van der Waals surface area (Å²) >= 11 is 0. The number of methoxy groups -OCH3 is 4. The lowest BCUT2D eigenvalue weighted by molar-refractivity contribution is -0.138. The maximum absolute atomic E-state index is 11.7. The molecule has 0 spiro atoms. The highest BCUT2D eigenvalue weighted by Crippen LogP contribution is 2.28. The zero-order valence-corrected chi connectivity index (χ0v) is 19.8. The summed E-state index contributed by atoms with van der Waals surface area (Å²) in [6.45, 7) is 9.55. The van der Waals surface area contributed by atoms with Crippen LogP contribution in [0.4, 0.5) is 0 Å². The molecule has 0 amide bonds. The molecular formula is C25H36O6. The number of esters is 1. The minimum Gasteiger partial charge on any atom is -0.493 e. The first-order chi connectivity index (χ1) is 14.9. The predicted octanol–water partition coefficient (Wildman–Crippen LogP) is 5.40. The molecular weight excluding hydrogens is 396 g/mol. The molecule has 6 nitrogen and oxygen atoms in total. The molecule has 0 heterocycles. The van der Waals surface area contributed by atoms with Crippen molar-refractivity contribution in [3.8, 4) is 11.5 Å². The van der Waals surface area contributed by atoms with Crippen LogP contribution in [0.1, 0.15) is 32.8 Å². The third-order valence-electron chi connectivity index (χ3n) is 4.20. The second-order valence-corrected chi connectivity index (χ2v) is 6.06. The van der Waals surface area contributed by atoms with E-state index in [4.69, 9.17) is 23.7 Å². The molecule has 0 aliphatic heterocycles. The van der Waals surface area contributed by atoms with Gasteiger partial charge < -0.3 is 23.7 Å². The first-order valence-electron chi connectivity index (χ1n) is 10.1. The van der Waals surface area contributed by atoms with Crippen LogP contribution in [0.3, 0.4) is 0 Å². The van der Waals surface area contributed by atoms with Gasteiger partial charge >= 0.3 is 5.97 Å². The summed E-state index contributed by atoms with van der Waals surface area (Å²) < 4.78 is 25.5. The van der Waals surface area contributed by atoms with Crippen molar-refractivity contribution in [3.05, 3.63) is 71.7 Å². The first kappa shape index (κ1) is 27.8. The third-order valence-corrected chi connectivity index (χ3v) is 4.20. The van der Waals surface area contributed by atoms with Gasteiger partial charge in [0.1, 0.15) is 0 Å². The van der Waals surface area contributed by atoms with Gasteiger partial charge in [-0.25, -0.2) is 4.79 Å². The summed E-state index contributed by atoms with van der Waals surface area (Å²) in [5, 5.41) is 0. The molecule has 31 heavy (non-hydrogen) atoms. The minimum atomic E-state index is -0.240.